The minimum absolute atomic E-state index is 0.0467. The van der Waals surface area contributed by atoms with Gasteiger partial charge in [-0.05, 0) is 36.5 Å². The summed E-state index contributed by atoms with van der Waals surface area (Å²) in [6.45, 7) is 0. The van der Waals surface area contributed by atoms with Gasteiger partial charge in [0.2, 0.25) is 0 Å². The van der Waals surface area contributed by atoms with Crippen molar-refractivity contribution in [1.29, 1.82) is 5.26 Å². The Morgan fingerprint density at radius 2 is 2.38 bits per heavy atom. The quantitative estimate of drug-likeness (QED) is 0.746. The van der Waals surface area contributed by atoms with Crippen molar-refractivity contribution in [2.75, 3.05) is 0 Å². The van der Waals surface area contributed by atoms with Crippen LogP contribution in [0.5, 0.6) is 0 Å². The second-order valence-corrected chi connectivity index (χ2v) is 3.94. The third kappa shape index (κ3) is 1.84. The maximum absolute atomic E-state index is 10.9. The highest BCUT2D eigenvalue weighted by atomic mass is 16.2. The molecule has 3 N–H and O–H groups in total. The van der Waals surface area contributed by atoms with Crippen LogP contribution < -0.4 is 11.1 Å². The molecule has 1 aliphatic carbocycles. The van der Waals surface area contributed by atoms with Crippen molar-refractivity contribution in [3.63, 3.8) is 0 Å². The van der Waals surface area contributed by atoms with Gasteiger partial charge in [0.05, 0.1) is 17.7 Å². The van der Waals surface area contributed by atoms with Crippen molar-refractivity contribution in [3.8, 4) is 6.07 Å². The van der Waals surface area contributed by atoms with Gasteiger partial charge in [-0.2, -0.15) is 5.26 Å². The predicted octanol–water partition coefficient (Wildman–Crippen LogP) is 1.60. The summed E-state index contributed by atoms with van der Waals surface area (Å²) in [5.74, 6) is 0. The van der Waals surface area contributed by atoms with Crippen LogP contribution in [-0.4, -0.2) is 6.03 Å². The summed E-state index contributed by atoms with van der Waals surface area (Å²) < 4.78 is 0. The lowest BCUT2D eigenvalue weighted by atomic mass is 9.85. The average molecular weight is 215 g/mol. The first-order valence-electron chi connectivity index (χ1n) is 5.30. The normalized spacial score (nSPS) is 18.3. The molecule has 4 heteroatoms. The van der Waals surface area contributed by atoms with E-state index in [-0.39, 0.29) is 6.04 Å². The molecule has 0 aromatic heterocycles. The lowest BCUT2D eigenvalue weighted by molar-refractivity contribution is 0.244. The van der Waals surface area contributed by atoms with Crippen LogP contribution in [0.3, 0.4) is 0 Å². The Balaban J connectivity index is 2.40. The van der Waals surface area contributed by atoms with Gasteiger partial charge >= 0.3 is 6.03 Å². The van der Waals surface area contributed by atoms with Crippen LogP contribution >= 0.6 is 0 Å². The highest BCUT2D eigenvalue weighted by molar-refractivity contribution is 5.72. The number of amides is 2. The summed E-state index contributed by atoms with van der Waals surface area (Å²) in [5, 5.41) is 11.7. The molecular formula is C12H13N3O. The molecule has 1 atom stereocenters. The maximum Gasteiger partial charge on any atom is 0.312 e. The first kappa shape index (κ1) is 10.5. The Hall–Kier alpha value is -2.02. The van der Waals surface area contributed by atoms with E-state index in [1.165, 1.54) is 0 Å². The molecule has 1 aromatic rings. The zero-order chi connectivity index (χ0) is 11.5. The SMILES string of the molecule is N#Cc1cccc2c1CCCC2NC(N)=O. The van der Waals surface area contributed by atoms with Crippen molar-refractivity contribution in [3.05, 3.63) is 34.9 Å². The van der Waals surface area contributed by atoms with Crippen LogP contribution in [0.4, 0.5) is 4.79 Å². The number of fused-ring (bicyclic) bond motifs is 1. The van der Waals surface area contributed by atoms with Crippen LogP contribution in [0.1, 0.15) is 35.6 Å². The first-order chi connectivity index (χ1) is 7.72. The number of nitriles is 1. The molecule has 4 nitrogen and oxygen atoms in total. The Labute approximate surface area is 94.1 Å². The standard InChI is InChI=1S/C12H13N3O/c13-7-8-3-1-5-10-9(8)4-2-6-11(10)15-12(14)16/h1,3,5,11H,2,4,6H2,(H3,14,15,16). The van der Waals surface area contributed by atoms with E-state index in [0.717, 1.165) is 30.4 Å². The fraction of sp³-hybridized carbons (Fsp3) is 0.333. The Morgan fingerprint density at radius 3 is 3.06 bits per heavy atom. The zero-order valence-corrected chi connectivity index (χ0v) is 8.86. The zero-order valence-electron chi connectivity index (χ0n) is 8.86. The Kier molecular flexibility index (Phi) is 2.78. The van der Waals surface area contributed by atoms with Gasteiger partial charge in [0.25, 0.3) is 0 Å². The van der Waals surface area contributed by atoms with E-state index in [1.807, 2.05) is 18.2 Å². The van der Waals surface area contributed by atoms with Crippen LogP contribution in [0, 0.1) is 11.3 Å². The van der Waals surface area contributed by atoms with Gasteiger partial charge in [0, 0.05) is 0 Å². The molecule has 0 fully saturated rings. The van der Waals surface area contributed by atoms with Gasteiger partial charge in [0.1, 0.15) is 0 Å². The first-order valence-corrected chi connectivity index (χ1v) is 5.30. The average Bonchev–Trinajstić information content (AvgIpc) is 2.28. The van der Waals surface area contributed by atoms with Crippen LogP contribution in [0.2, 0.25) is 0 Å². The summed E-state index contributed by atoms with van der Waals surface area (Å²) in [6, 6.07) is 7.24. The highest BCUT2D eigenvalue weighted by Crippen LogP contribution is 2.31. The molecular weight excluding hydrogens is 202 g/mol. The summed E-state index contributed by atoms with van der Waals surface area (Å²) in [6.07, 6.45) is 2.75. The van der Waals surface area contributed by atoms with Gasteiger partial charge in [-0.15, -0.1) is 0 Å². The summed E-state index contributed by atoms with van der Waals surface area (Å²) >= 11 is 0. The molecule has 0 aliphatic heterocycles. The van der Waals surface area contributed by atoms with E-state index in [9.17, 15) is 4.79 Å². The minimum atomic E-state index is -0.514. The molecule has 0 spiro atoms. The third-order valence-corrected chi connectivity index (χ3v) is 2.94. The van der Waals surface area contributed by atoms with Crippen molar-refractivity contribution < 1.29 is 4.79 Å². The minimum Gasteiger partial charge on any atom is -0.352 e. The molecule has 1 unspecified atom stereocenters. The van der Waals surface area contributed by atoms with Crippen molar-refractivity contribution in [2.45, 2.75) is 25.3 Å². The van der Waals surface area contributed by atoms with E-state index in [4.69, 9.17) is 11.0 Å². The third-order valence-electron chi connectivity index (χ3n) is 2.94. The lowest BCUT2D eigenvalue weighted by Gasteiger charge is -2.26. The molecule has 2 rings (SSSR count). The van der Waals surface area contributed by atoms with E-state index in [0.29, 0.717) is 5.56 Å². The van der Waals surface area contributed by atoms with Crippen molar-refractivity contribution in [2.24, 2.45) is 5.73 Å². The summed E-state index contributed by atoms with van der Waals surface area (Å²) in [4.78, 5) is 10.9. The number of primary amides is 1. The molecule has 1 aromatic carbocycles. The molecule has 1 aliphatic rings. The number of nitrogens with zero attached hydrogens (tertiary/aromatic N) is 1. The largest absolute Gasteiger partial charge is 0.352 e. The number of nitrogens with two attached hydrogens (primary N) is 1. The highest BCUT2D eigenvalue weighted by Gasteiger charge is 2.22. The number of hydrogen-bond donors (Lipinski definition) is 2. The lowest BCUT2D eigenvalue weighted by Crippen LogP contribution is -2.35. The van der Waals surface area contributed by atoms with Gasteiger partial charge in [-0.25, -0.2) is 4.79 Å². The fourth-order valence-corrected chi connectivity index (χ4v) is 2.28. The van der Waals surface area contributed by atoms with Crippen LogP contribution in [-0.2, 0) is 6.42 Å². The molecule has 16 heavy (non-hydrogen) atoms. The predicted molar refractivity (Wildman–Crippen MR) is 59.6 cm³/mol. The smallest absolute Gasteiger partial charge is 0.312 e. The molecule has 82 valence electrons. The Morgan fingerprint density at radius 1 is 1.56 bits per heavy atom. The number of carbonyl (C=O) groups excluding carboxylic acids is 1. The number of benzene rings is 1. The number of hydrogen-bond acceptors (Lipinski definition) is 2. The van der Waals surface area contributed by atoms with E-state index in [1.54, 1.807) is 0 Å². The van der Waals surface area contributed by atoms with Gasteiger partial charge < -0.3 is 11.1 Å². The van der Waals surface area contributed by atoms with E-state index < -0.39 is 6.03 Å². The molecule has 0 radical (unpaired) electrons. The van der Waals surface area contributed by atoms with Crippen molar-refractivity contribution >= 4 is 6.03 Å². The monoisotopic (exact) mass is 215 g/mol. The number of urea groups is 1. The van der Waals surface area contributed by atoms with Crippen LogP contribution in [0.15, 0.2) is 18.2 Å². The number of rotatable bonds is 1. The topological polar surface area (TPSA) is 78.9 Å². The number of nitrogens with one attached hydrogen (secondary N) is 1. The van der Waals surface area contributed by atoms with E-state index in [2.05, 4.69) is 11.4 Å². The molecule has 0 saturated heterocycles. The second-order valence-electron chi connectivity index (χ2n) is 3.94. The molecule has 0 heterocycles. The van der Waals surface area contributed by atoms with Gasteiger partial charge in [-0.3, -0.25) is 0 Å². The Bertz CT molecular complexity index is 462. The van der Waals surface area contributed by atoms with Gasteiger partial charge in [-0.1, -0.05) is 12.1 Å². The molecule has 0 bridgehead atoms. The summed E-state index contributed by atoms with van der Waals surface area (Å²) in [5.41, 5.74) is 7.92. The molecule has 0 saturated carbocycles. The van der Waals surface area contributed by atoms with Crippen LogP contribution in [0.25, 0.3) is 0 Å². The number of carbonyl (C=O) groups is 1. The fourth-order valence-electron chi connectivity index (χ4n) is 2.28. The second kappa shape index (κ2) is 4.23. The molecule has 2 amide bonds. The van der Waals surface area contributed by atoms with E-state index >= 15 is 0 Å². The maximum atomic E-state index is 10.9. The van der Waals surface area contributed by atoms with Crippen molar-refractivity contribution in [1.82, 2.24) is 5.32 Å². The summed E-state index contributed by atoms with van der Waals surface area (Å²) in [7, 11) is 0. The van der Waals surface area contributed by atoms with Gasteiger partial charge in [0.15, 0.2) is 0 Å².